The normalized spacial score (nSPS) is 23.4. The fraction of sp³-hybridized carbons (Fsp3) is 0.292. The first kappa shape index (κ1) is 18.5. The Labute approximate surface area is 172 Å². The number of aromatic nitrogens is 1. The molecule has 2 bridgehead atoms. The lowest BCUT2D eigenvalue weighted by Gasteiger charge is -2.23. The quantitative estimate of drug-likeness (QED) is 0.708. The van der Waals surface area contributed by atoms with Gasteiger partial charge in [0, 0.05) is 18.4 Å². The third-order valence-electron chi connectivity index (χ3n) is 6.45. The first-order valence-corrected chi connectivity index (χ1v) is 11.7. The van der Waals surface area contributed by atoms with Crippen LogP contribution in [0.3, 0.4) is 0 Å². The summed E-state index contributed by atoms with van der Waals surface area (Å²) in [6.45, 7) is 0. The number of hydrogen-bond donors (Lipinski definition) is 1. The fourth-order valence-corrected chi connectivity index (χ4v) is 6.37. The van der Waals surface area contributed by atoms with Crippen molar-refractivity contribution < 1.29 is 8.42 Å². The van der Waals surface area contributed by atoms with Crippen LogP contribution in [-0.4, -0.2) is 19.4 Å². The zero-order valence-corrected chi connectivity index (χ0v) is 17.0. The Morgan fingerprint density at radius 1 is 0.793 bits per heavy atom. The summed E-state index contributed by atoms with van der Waals surface area (Å²) in [5.41, 5.74) is 5.08. The average Bonchev–Trinajstić information content (AvgIpc) is 3.02. The van der Waals surface area contributed by atoms with Crippen molar-refractivity contribution >= 4 is 10.0 Å². The molecule has 29 heavy (non-hydrogen) atoms. The van der Waals surface area contributed by atoms with E-state index in [1.807, 2.05) is 30.6 Å². The molecule has 0 radical (unpaired) electrons. The number of hydrogen-bond acceptors (Lipinski definition) is 3. The summed E-state index contributed by atoms with van der Waals surface area (Å²) in [5.74, 6) is 0.693. The van der Waals surface area contributed by atoms with Crippen molar-refractivity contribution in [1.82, 2.24) is 9.71 Å². The smallest absolute Gasteiger partial charge is 0.240 e. The molecule has 0 amide bonds. The maximum absolute atomic E-state index is 12.9. The lowest BCUT2D eigenvalue weighted by Crippen LogP contribution is -2.41. The molecule has 1 aromatic heterocycles. The van der Waals surface area contributed by atoms with Gasteiger partial charge in [-0.15, -0.1) is 0 Å². The Hall–Kier alpha value is -2.50. The molecule has 148 valence electrons. The van der Waals surface area contributed by atoms with E-state index < -0.39 is 10.0 Å². The predicted octanol–water partition coefficient (Wildman–Crippen LogP) is 4.22. The number of rotatable bonds is 4. The van der Waals surface area contributed by atoms with Gasteiger partial charge in [0.2, 0.25) is 10.0 Å². The summed E-state index contributed by atoms with van der Waals surface area (Å²) >= 11 is 0. The molecule has 1 fully saturated rings. The van der Waals surface area contributed by atoms with Gasteiger partial charge in [0.1, 0.15) is 0 Å². The van der Waals surface area contributed by atoms with Crippen molar-refractivity contribution in [3.63, 3.8) is 0 Å². The molecule has 3 atom stereocenters. The van der Waals surface area contributed by atoms with E-state index in [1.165, 1.54) is 22.3 Å². The van der Waals surface area contributed by atoms with Gasteiger partial charge in [-0.3, -0.25) is 4.98 Å². The number of nitrogens with one attached hydrogen (secondary N) is 1. The van der Waals surface area contributed by atoms with Crippen LogP contribution in [-0.2, 0) is 22.9 Å². The van der Waals surface area contributed by atoms with Crippen LogP contribution in [0.5, 0.6) is 0 Å². The SMILES string of the molecule is O=S(=O)(NC1C2CCC1Cc1cc(-c3ccncc3)ccc1C2)c1ccccc1. The van der Waals surface area contributed by atoms with Crippen LogP contribution < -0.4 is 4.72 Å². The molecular formula is C24H24N2O2S. The number of sulfonamides is 1. The monoisotopic (exact) mass is 404 g/mol. The molecule has 5 heteroatoms. The molecule has 1 saturated carbocycles. The molecular weight excluding hydrogens is 380 g/mol. The second kappa shape index (κ2) is 7.39. The van der Waals surface area contributed by atoms with Gasteiger partial charge in [-0.05, 0) is 84.0 Å². The average molecular weight is 405 g/mol. The fourth-order valence-electron chi connectivity index (χ4n) is 4.97. The molecule has 3 unspecified atom stereocenters. The van der Waals surface area contributed by atoms with E-state index in [0.717, 1.165) is 25.7 Å². The lowest BCUT2D eigenvalue weighted by atomic mass is 9.91. The largest absolute Gasteiger partial charge is 0.265 e. The van der Waals surface area contributed by atoms with Crippen LogP contribution in [0.15, 0.2) is 78.0 Å². The summed E-state index contributed by atoms with van der Waals surface area (Å²) in [4.78, 5) is 4.46. The van der Waals surface area contributed by atoms with E-state index in [0.29, 0.717) is 16.7 Å². The highest BCUT2D eigenvalue weighted by molar-refractivity contribution is 7.89. The van der Waals surface area contributed by atoms with E-state index in [9.17, 15) is 8.42 Å². The summed E-state index contributed by atoms with van der Waals surface area (Å²) < 4.78 is 28.9. The van der Waals surface area contributed by atoms with Crippen molar-refractivity contribution in [2.45, 2.75) is 36.6 Å². The Morgan fingerprint density at radius 3 is 2.21 bits per heavy atom. The van der Waals surface area contributed by atoms with Crippen LogP contribution in [0.1, 0.15) is 24.0 Å². The minimum Gasteiger partial charge on any atom is -0.265 e. The molecule has 2 aromatic carbocycles. The first-order chi connectivity index (χ1) is 14.1. The summed E-state index contributed by atoms with van der Waals surface area (Å²) in [6.07, 6.45) is 7.65. The first-order valence-electron chi connectivity index (χ1n) is 10.2. The molecule has 0 aliphatic heterocycles. The van der Waals surface area contributed by atoms with E-state index >= 15 is 0 Å². The van der Waals surface area contributed by atoms with Crippen LogP contribution in [0.4, 0.5) is 0 Å². The Morgan fingerprint density at radius 2 is 1.48 bits per heavy atom. The van der Waals surface area contributed by atoms with E-state index in [4.69, 9.17) is 0 Å². The van der Waals surface area contributed by atoms with Gasteiger partial charge in [-0.1, -0.05) is 36.4 Å². The highest BCUT2D eigenvalue weighted by Gasteiger charge is 2.41. The molecule has 2 aliphatic carbocycles. The molecule has 0 saturated heterocycles. The van der Waals surface area contributed by atoms with Crippen molar-refractivity contribution in [3.05, 3.63) is 84.2 Å². The molecule has 1 heterocycles. The van der Waals surface area contributed by atoms with Crippen LogP contribution in [0.25, 0.3) is 11.1 Å². The van der Waals surface area contributed by atoms with Crippen LogP contribution in [0.2, 0.25) is 0 Å². The third kappa shape index (κ3) is 3.61. The minimum atomic E-state index is -3.50. The number of benzene rings is 2. The Kier molecular flexibility index (Phi) is 4.72. The van der Waals surface area contributed by atoms with Gasteiger partial charge in [-0.25, -0.2) is 13.1 Å². The highest BCUT2D eigenvalue weighted by atomic mass is 32.2. The molecule has 1 N–H and O–H groups in total. The molecule has 5 rings (SSSR count). The highest BCUT2D eigenvalue weighted by Crippen LogP contribution is 2.41. The van der Waals surface area contributed by atoms with Crippen molar-refractivity contribution in [2.24, 2.45) is 11.8 Å². The second-order valence-corrected chi connectivity index (χ2v) is 9.90. The zero-order chi connectivity index (χ0) is 19.8. The van der Waals surface area contributed by atoms with Gasteiger partial charge < -0.3 is 0 Å². The van der Waals surface area contributed by atoms with Gasteiger partial charge in [0.05, 0.1) is 4.90 Å². The van der Waals surface area contributed by atoms with Crippen LogP contribution >= 0.6 is 0 Å². The second-order valence-electron chi connectivity index (χ2n) is 8.19. The van der Waals surface area contributed by atoms with Crippen molar-refractivity contribution in [2.75, 3.05) is 0 Å². The maximum atomic E-state index is 12.9. The lowest BCUT2D eigenvalue weighted by molar-refractivity contribution is 0.386. The van der Waals surface area contributed by atoms with Crippen LogP contribution in [0, 0.1) is 11.8 Å². The minimum absolute atomic E-state index is 0.00279. The molecule has 4 nitrogen and oxygen atoms in total. The number of nitrogens with zero attached hydrogens (tertiary/aromatic N) is 1. The van der Waals surface area contributed by atoms with E-state index in [1.54, 1.807) is 24.3 Å². The van der Waals surface area contributed by atoms with Gasteiger partial charge >= 0.3 is 0 Å². The number of pyridine rings is 1. The standard InChI is InChI=1S/C24H24N2O2S/c27-29(28,23-4-2-1-3-5-23)26-24-20-8-9-21(24)16-22-15-18(6-7-19(22)14-20)17-10-12-25-13-11-17/h1-7,10-13,15,20-21,24,26H,8-9,14,16H2. The van der Waals surface area contributed by atoms with Crippen molar-refractivity contribution in [3.8, 4) is 11.1 Å². The number of fused-ring (bicyclic) bond motifs is 3. The molecule has 3 aromatic rings. The molecule has 0 spiro atoms. The molecule has 2 aliphatic rings. The summed E-state index contributed by atoms with van der Waals surface area (Å²) in [7, 11) is -3.50. The van der Waals surface area contributed by atoms with E-state index in [-0.39, 0.29) is 6.04 Å². The van der Waals surface area contributed by atoms with Gasteiger partial charge in [-0.2, -0.15) is 0 Å². The van der Waals surface area contributed by atoms with E-state index in [2.05, 4.69) is 27.9 Å². The summed E-state index contributed by atoms with van der Waals surface area (Å²) in [5, 5.41) is 0. The maximum Gasteiger partial charge on any atom is 0.240 e. The van der Waals surface area contributed by atoms with Gasteiger partial charge in [0.25, 0.3) is 0 Å². The predicted molar refractivity (Wildman–Crippen MR) is 114 cm³/mol. The topological polar surface area (TPSA) is 59.1 Å². The Bertz CT molecular complexity index is 1110. The zero-order valence-electron chi connectivity index (χ0n) is 16.2. The summed E-state index contributed by atoms with van der Waals surface area (Å²) in [6, 6.07) is 19.5. The van der Waals surface area contributed by atoms with Crippen molar-refractivity contribution in [1.29, 1.82) is 0 Å². The third-order valence-corrected chi connectivity index (χ3v) is 7.93. The Balaban J connectivity index is 1.43. The van der Waals surface area contributed by atoms with Gasteiger partial charge in [0.15, 0.2) is 0 Å².